The zero-order valence-corrected chi connectivity index (χ0v) is 16.3. The van der Waals surface area contributed by atoms with Crippen LogP contribution in [0.2, 0.25) is 0 Å². The van der Waals surface area contributed by atoms with Gasteiger partial charge in [-0.05, 0) is 18.2 Å². The largest absolute Gasteiger partial charge is 0.492 e. The van der Waals surface area contributed by atoms with Crippen molar-refractivity contribution in [3.05, 3.63) is 72.8 Å². The molecule has 2 aromatic rings. The molecule has 0 aromatic heterocycles. The first-order valence-corrected chi connectivity index (χ1v) is 9.76. The molecule has 0 radical (unpaired) electrons. The fourth-order valence-electron chi connectivity index (χ4n) is 3.26. The molecule has 0 spiro atoms. The molecular formula is C23H28N2O3. The zero-order chi connectivity index (χ0) is 19.6. The summed E-state index contributed by atoms with van der Waals surface area (Å²) in [5.41, 5.74) is 1.14. The molecule has 1 aliphatic heterocycles. The average molecular weight is 380 g/mol. The lowest BCUT2D eigenvalue weighted by molar-refractivity contribution is -0.130. The maximum Gasteiger partial charge on any atom is 0.224 e. The number of ether oxygens (including phenoxy) is 2. The summed E-state index contributed by atoms with van der Waals surface area (Å²) >= 11 is 0. The fourth-order valence-corrected chi connectivity index (χ4v) is 3.26. The summed E-state index contributed by atoms with van der Waals surface area (Å²) in [4.78, 5) is 16.7. The second-order valence-corrected chi connectivity index (χ2v) is 6.78. The van der Waals surface area contributed by atoms with Gasteiger partial charge in [0.25, 0.3) is 0 Å². The van der Waals surface area contributed by atoms with Gasteiger partial charge in [0.2, 0.25) is 5.91 Å². The van der Waals surface area contributed by atoms with Crippen LogP contribution in [0.25, 0.3) is 0 Å². The number of carbonyl (C=O) groups excluding carboxylic acids is 1. The highest BCUT2D eigenvalue weighted by Gasteiger charge is 2.21. The van der Waals surface area contributed by atoms with Crippen molar-refractivity contribution >= 4 is 5.91 Å². The fraction of sp³-hybridized carbons (Fsp3) is 0.348. The first-order chi connectivity index (χ1) is 13.8. The standard InChI is InChI=1S/C23H28N2O3/c1-2-17-28-22-11-7-6-8-20(22)19-24-13-12-23(26)25(15-14-24)16-18-27-21-9-4-3-5-10-21/h2-11H,1,12-19H2. The lowest BCUT2D eigenvalue weighted by Crippen LogP contribution is -2.36. The van der Waals surface area contributed by atoms with Crippen molar-refractivity contribution in [2.45, 2.75) is 13.0 Å². The van der Waals surface area contributed by atoms with Gasteiger partial charge in [0.15, 0.2) is 0 Å². The van der Waals surface area contributed by atoms with E-state index in [-0.39, 0.29) is 5.91 Å². The molecule has 0 atom stereocenters. The lowest BCUT2D eigenvalue weighted by atomic mass is 10.2. The van der Waals surface area contributed by atoms with Gasteiger partial charge in [-0.15, -0.1) is 0 Å². The normalized spacial score (nSPS) is 15.1. The molecule has 1 amide bonds. The Labute approximate surface area is 167 Å². The first-order valence-electron chi connectivity index (χ1n) is 9.76. The molecular weight excluding hydrogens is 352 g/mol. The number of carbonyl (C=O) groups is 1. The van der Waals surface area contributed by atoms with E-state index in [0.29, 0.717) is 32.7 Å². The van der Waals surface area contributed by atoms with Crippen molar-refractivity contribution in [1.82, 2.24) is 9.80 Å². The Hall–Kier alpha value is -2.79. The van der Waals surface area contributed by atoms with Crippen molar-refractivity contribution in [3.63, 3.8) is 0 Å². The maximum atomic E-state index is 12.5. The third kappa shape index (κ3) is 5.86. The summed E-state index contributed by atoms with van der Waals surface area (Å²) in [7, 11) is 0. The molecule has 1 fully saturated rings. The molecule has 5 heteroatoms. The van der Waals surface area contributed by atoms with Crippen LogP contribution in [0.15, 0.2) is 67.3 Å². The van der Waals surface area contributed by atoms with E-state index in [9.17, 15) is 4.79 Å². The Morgan fingerprint density at radius 1 is 0.964 bits per heavy atom. The third-order valence-corrected chi connectivity index (χ3v) is 4.78. The Morgan fingerprint density at radius 2 is 1.75 bits per heavy atom. The van der Waals surface area contributed by atoms with Crippen molar-refractivity contribution < 1.29 is 14.3 Å². The van der Waals surface area contributed by atoms with Gasteiger partial charge in [0.1, 0.15) is 24.7 Å². The number of amides is 1. The molecule has 0 unspecified atom stereocenters. The molecule has 148 valence electrons. The number of hydrogen-bond acceptors (Lipinski definition) is 4. The van der Waals surface area contributed by atoms with Crippen LogP contribution in [0, 0.1) is 0 Å². The predicted octanol–water partition coefficient (Wildman–Crippen LogP) is 3.36. The van der Waals surface area contributed by atoms with E-state index in [1.54, 1.807) is 6.08 Å². The van der Waals surface area contributed by atoms with E-state index in [0.717, 1.165) is 36.7 Å². The smallest absolute Gasteiger partial charge is 0.224 e. The van der Waals surface area contributed by atoms with Crippen molar-refractivity contribution in [3.8, 4) is 11.5 Å². The van der Waals surface area contributed by atoms with E-state index >= 15 is 0 Å². The van der Waals surface area contributed by atoms with E-state index in [2.05, 4.69) is 17.5 Å². The van der Waals surface area contributed by atoms with E-state index < -0.39 is 0 Å². The van der Waals surface area contributed by atoms with Crippen LogP contribution in [0.1, 0.15) is 12.0 Å². The number of benzene rings is 2. The molecule has 3 rings (SSSR count). The molecule has 0 saturated carbocycles. The van der Waals surface area contributed by atoms with Gasteiger partial charge >= 0.3 is 0 Å². The van der Waals surface area contributed by atoms with Crippen molar-refractivity contribution in [1.29, 1.82) is 0 Å². The van der Waals surface area contributed by atoms with Gasteiger partial charge < -0.3 is 14.4 Å². The summed E-state index contributed by atoms with van der Waals surface area (Å²) in [6.45, 7) is 8.40. The summed E-state index contributed by atoms with van der Waals surface area (Å²) in [5.74, 6) is 1.91. The Bertz CT molecular complexity index is 763. The van der Waals surface area contributed by atoms with Gasteiger partial charge in [-0.25, -0.2) is 0 Å². The van der Waals surface area contributed by atoms with Crippen LogP contribution >= 0.6 is 0 Å². The third-order valence-electron chi connectivity index (χ3n) is 4.78. The van der Waals surface area contributed by atoms with Gasteiger partial charge in [0, 0.05) is 38.2 Å². The zero-order valence-electron chi connectivity index (χ0n) is 16.3. The van der Waals surface area contributed by atoms with Crippen LogP contribution in [-0.2, 0) is 11.3 Å². The average Bonchev–Trinajstić information content (AvgIpc) is 2.90. The maximum absolute atomic E-state index is 12.5. The summed E-state index contributed by atoms with van der Waals surface area (Å²) in [6.07, 6.45) is 2.28. The molecule has 28 heavy (non-hydrogen) atoms. The molecule has 0 aliphatic carbocycles. The Kier molecular flexibility index (Phi) is 7.50. The monoisotopic (exact) mass is 380 g/mol. The van der Waals surface area contributed by atoms with Gasteiger partial charge in [-0.2, -0.15) is 0 Å². The lowest BCUT2D eigenvalue weighted by Gasteiger charge is -2.23. The van der Waals surface area contributed by atoms with Gasteiger partial charge in [-0.1, -0.05) is 49.1 Å². The minimum Gasteiger partial charge on any atom is -0.492 e. The van der Waals surface area contributed by atoms with Crippen LogP contribution in [-0.4, -0.2) is 55.1 Å². The summed E-state index contributed by atoms with van der Waals surface area (Å²) in [5, 5.41) is 0. The SMILES string of the molecule is C=CCOc1ccccc1CN1CCC(=O)N(CCOc2ccccc2)CC1. The summed E-state index contributed by atoms with van der Waals surface area (Å²) < 4.78 is 11.5. The van der Waals surface area contributed by atoms with Crippen molar-refractivity contribution in [2.75, 3.05) is 39.4 Å². The quantitative estimate of drug-likeness (QED) is 0.626. The van der Waals surface area contributed by atoms with Crippen LogP contribution < -0.4 is 9.47 Å². The van der Waals surface area contributed by atoms with Crippen LogP contribution in [0.5, 0.6) is 11.5 Å². The van der Waals surface area contributed by atoms with Gasteiger partial charge in [-0.3, -0.25) is 9.69 Å². The van der Waals surface area contributed by atoms with E-state index in [4.69, 9.17) is 9.47 Å². The molecule has 2 aromatic carbocycles. The Balaban J connectivity index is 1.51. The molecule has 1 saturated heterocycles. The number of hydrogen-bond donors (Lipinski definition) is 0. The first kappa shape index (κ1) is 20.0. The number of nitrogens with zero attached hydrogens (tertiary/aromatic N) is 2. The van der Waals surface area contributed by atoms with Crippen LogP contribution in [0.4, 0.5) is 0 Å². The highest BCUT2D eigenvalue weighted by atomic mass is 16.5. The summed E-state index contributed by atoms with van der Waals surface area (Å²) in [6, 6.07) is 17.8. The highest BCUT2D eigenvalue weighted by Crippen LogP contribution is 2.21. The van der Waals surface area contributed by atoms with Gasteiger partial charge in [0.05, 0.1) is 6.54 Å². The minimum atomic E-state index is 0.190. The van der Waals surface area contributed by atoms with E-state index in [1.165, 1.54) is 0 Å². The molecule has 5 nitrogen and oxygen atoms in total. The number of para-hydroxylation sites is 2. The second-order valence-electron chi connectivity index (χ2n) is 6.78. The molecule has 1 aliphatic rings. The molecule has 0 bridgehead atoms. The molecule has 1 heterocycles. The van der Waals surface area contributed by atoms with Crippen LogP contribution in [0.3, 0.4) is 0 Å². The van der Waals surface area contributed by atoms with E-state index in [1.807, 2.05) is 53.4 Å². The topological polar surface area (TPSA) is 42.0 Å². The van der Waals surface area contributed by atoms with Crippen molar-refractivity contribution in [2.24, 2.45) is 0 Å². The predicted molar refractivity (Wildman–Crippen MR) is 111 cm³/mol. The highest BCUT2D eigenvalue weighted by molar-refractivity contribution is 5.76. The Morgan fingerprint density at radius 3 is 2.57 bits per heavy atom. The second kappa shape index (κ2) is 10.5. The minimum absolute atomic E-state index is 0.190. The molecule has 0 N–H and O–H groups in total. The number of rotatable bonds is 9.